The van der Waals surface area contributed by atoms with E-state index < -0.39 is 10.0 Å². The third-order valence-electron chi connectivity index (χ3n) is 5.12. The van der Waals surface area contributed by atoms with E-state index in [4.69, 9.17) is 9.73 Å². The smallest absolute Gasteiger partial charge is 0.229 e. The number of aliphatic imine (C=N–C) groups is 1. The maximum absolute atomic E-state index is 11.6. The number of hydrogen-bond donors (Lipinski definition) is 2. The first-order chi connectivity index (χ1) is 14.4. The van der Waals surface area contributed by atoms with Crippen molar-refractivity contribution in [1.82, 2.24) is 10.2 Å². The number of hydrogen-bond acceptors (Lipinski definition) is 4. The summed E-state index contributed by atoms with van der Waals surface area (Å²) in [6, 6.07) is 15.6. The van der Waals surface area contributed by atoms with Crippen LogP contribution in [0.2, 0.25) is 0 Å². The van der Waals surface area contributed by atoms with Gasteiger partial charge in [0.05, 0.1) is 25.6 Å². The van der Waals surface area contributed by atoms with Gasteiger partial charge >= 0.3 is 0 Å². The number of nitrogens with one attached hydrogen (secondary N) is 2. The van der Waals surface area contributed by atoms with Gasteiger partial charge in [0.15, 0.2) is 5.96 Å². The fourth-order valence-electron chi connectivity index (χ4n) is 3.64. The molecule has 7 nitrogen and oxygen atoms in total. The largest absolute Gasteiger partial charge is 0.497 e. The van der Waals surface area contributed by atoms with Crippen LogP contribution >= 0.6 is 24.0 Å². The molecule has 2 aromatic carbocycles. The molecule has 1 aliphatic heterocycles. The van der Waals surface area contributed by atoms with Gasteiger partial charge in [0.25, 0.3) is 0 Å². The standard InChI is InChI=1S/C22H30N4O3S.HI/c1-4-23-22(24-15-18-7-5-6-8-21(18)25-30(3,27)28)26-14-13-19(16-26)17-9-11-20(29-2)12-10-17;/h5-12,19,25H,4,13-16H2,1-3H3,(H,23,24);1H. The summed E-state index contributed by atoms with van der Waals surface area (Å²) in [5, 5.41) is 3.37. The van der Waals surface area contributed by atoms with Crippen LogP contribution in [-0.2, 0) is 16.6 Å². The fraction of sp³-hybridized carbons (Fsp3) is 0.409. The Labute approximate surface area is 202 Å². The Morgan fingerprint density at radius 3 is 2.55 bits per heavy atom. The van der Waals surface area contributed by atoms with Gasteiger partial charge in [-0.1, -0.05) is 30.3 Å². The Bertz CT molecular complexity index is 981. The lowest BCUT2D eigenvalue weighted by molar-refractivity contribution is 0.414. The number of guanidine groups is 1. The van der Waals surface area contributed by atoms with Gasteiger partial charge in [-0.05, 0) is 42.7 Å². The molecule has 1 aliphatic rings. The number of halogens is 1. The van der Waals surface area contributed by atoms with E-state index in [0.717, 1.165) is 49.6 Å². The predicted molar refractivity (Wildman–Crippen MR) is 137 cm³/mol. The Hall–Kier alpha value is -2.01. The highest BCUT2D eigenvalue weighted by atomic mass is 127. The van der Waals surface area contributed by atoms with Gasteiger partial charge in [-0.2, -0.15) is 0 Å². The SMILES string of the molecule is CCNC(=NCc1ccccc1NS(C)(=O)=O)N1CCC(c2ccc(OC)cc2)C1.I. The van der Waals surface area contributed by atoms with Crippen LogP contribution < -0.4 is 14.8 Å². The van der Waals surface area contributed by atoms with Crippen LogP contribution in [0.4, 0.5) is 5.69 Å². The number of rotatable bonds is 7. The van der Waals surface area contributed by atoms with Crippen molar-refractivity contribution in [1.29, 1.82) is 0 Å². The average Bonchev–Trinajstić information content (AvgIpc) is 3.21. The van der Waals surface area contributed by atoms with Gasteiger partial charge in [-0.25, -0.2) is 13.4 Å². The molecule has 3 rings (SSSR count). The van der Waals surface area contributed by atoms with Crippen LogP contribution in [0.1, 0.15) is 30.4 Å². The Morgan fingerprint density at radius 1 is 1.19 bits per heavy atom. The zero-order valence-electron chi connectivity index (χ0n) is 18.2. The Morgan fingerprint density at radius 2 is 1.90 bits per heavy atom. The number of benzene rings is 2. The van der Waals surface area contributed by atoms with Crippen molar-refractivity contribution >= 4 is 45.6 Å². The quantitative estimate of drug-likeness (QED) is 0.308. The summed E-state index contributed by atoms with van der Waals surface area (Å²) in [5.41, 5.74) is 2.71. The zero-order chi connectivity index (χ0) is 21.6. The Kier molecular flexibility index (Phi) is 9.42. The molecular weight excluding hydrogens is 527 g/mol. The van der Waals surface area contributed by atoms with E-state index in [2.05, 4.69) is 27.1 Å². The maximum atomic E-state index is 11.6. The molecule has 0 radical (unpaired) electrons. The molecule has 0 saturated carbocycles. The minimum atomic E-state index is -3.34. The molecule has 1 atom stereocenters. The highest BCUT2D eigenvalue weighted by Crippen LogP contribution is 2.28. The number of nitrogens with zero attached hydrogens (tertiary/aromatic N) is 2. The second kappa shape index (κ2) is 11.6. The van der Waals surface area contributed by atoms with Crippen LogP contribution in [0.25, 0.3) is 0 Å². The van der Waals surface area contributed by atoms with Gasteiger partial charge in [0.1, 0.15) is 5.75 Å². The molecule has 9 heteroatoms. The minimum Gasteiger partial charge on any atom is -0.497 e. The molecular formula is C22H31IN4O3S. The van der Waals surface area contributed by atoms with Crippen molar-refractivity contribution in [3.63, 3.8) is 0 Å². The second-order valence-corrected chi connectivity index (χ2v) is 9.15. The molecule has 31 heavy (non-hydrogen) atoms. The van der Waals surface area contributed by atoms with Crippen LogP contribution in [0.5, 0.6) is 5.75 Å². The van der Waals surface area contributed by atoms with Gasteiger partial charge in [0.2, 0.25) is 10.0 Å². The highest BCUT2D eigenvalue weighted by Gasteiger charge is 2.26. The monoisotopic (exact) mass is 558 g/mol. The first-order valence-electron chi connectivity index (χ1n) is 10.1. The van der Waals surface area contributed by atoms with Crippen LogP contribution in [0.3, 0.4) is 0 Å². The van der Waals surface area contributed by atoms with E-state index >= 15 is 0 Å². The minimum absolute atomic E-state index is 0. The van der Waals surface area contributed by atoms with Crippen LogP contribution in [-0.4, -0.2) is 52.3 Å². The molecule has 0 bridgehead atoms. The lowest BCUT2D eigenvalue weighted by Crippen LogP contribution is -2.40. The van der Waals surface area contributed by atoms with E-state index in [1.54, 1.807) is 13.2 Å². The Balaban J connectivity index is 0.00000341. The van der Waals surface area contributed by atoms with Gasteiger partial charge in [-0.3, -0.25) is 4.72 Å². The van der Waals surface area contributed by atoms with E-state index in [1.807, 2.05) is 37.3 Å². The van der Waals surface area contributed by atoms with Crippen molar-refractivity contribution in [3.05, 3.63) is 59.7 Å². The number of likely N-dealkylation sites (tertiary alicyclic amines) is 1. The molecule has 0 amide bonds. The van der Waals surface area contributed by atoms with Crippen molar-refractivity contribution in [2.75, 3.05) is 37.7 Å². The number of sulfonamides is 1. The van der Waals surface area contributed by atoms with Crippen molar-refractivity contribution in [2.45, 2.75) is 25.8 Å². The van der Waals surface area contributed by atoms with Crippen molar-refractivity contribution in [3.8, 4) is 5.75 Å². The molecule has 1 unspecified atom stereocenters. The van der Waals surface area contributed by atoms with Gasteiger partial charge in [-0.15, -0.1) is 24.0 Å². The summed E-state index contributed by atoms with van der Waals surface area (Å²) in [6.07, 6.45) is 2.21. The molecule has 0 aliphatic carbocycles. The summed E-state index contributed by atoms with van der Waals surface area (Å²) >= 11 is 0. The summed E-state index contributed by atoms with van der Waals surface area (Å²) in [4.78, 5) is 7.06. The lowest BCUT2D eigenvalue weighted by Gasteiger charge is -2.22. The highest BCUT2D eigenvalue weighted by molar-refractivity contribution is 14.0. The summed E-state index contributed by atoms with van der Waals surface area (Å²) < 4.78 is 31.1. The summed E-state index contributed by atoms with van der Waals surface area (Å²) in [6.45, 7) is 5.02. The average molecular weight is 558 g/mol. The maximum Gasteiger partial charge on any atom is 0.229 e. The summed E-state index contributed by atoms with van der Waals surface area (Å²) in [5.74, 6) is 2.16. The number of para-hydroxylation sites is 1. The molecule has 1 fully saturated rings. The molecule has 2 aromatic rings. The van der Waals surface area contributed by atoms with E-state index in [1.165, 1.54) is 5.56 Å². The number of ether oxygens (including phenoxy) is 1. The van der Waals surface area contributed by atoms with E-state index in [0.29, 0.717) is 18.2 Å². The topological polar surface area (TPSA) is 83.0 Å². The van der Waals surface area contributed by atoms with Crippen molar-refractivity contribution < 1.29 is 13.2 Å². The third kappa shape index (κ3) is 7.27. The lowest BCUT2D eigenvalue weighted by atomic mass is 9.98. The fourth-order valence-corrected chi connectivity index (χ4v) is 4.24. The molecule has 0 spiro atoms. The zero-order valence-corrected chi connectivity index (χ0v) is 21.3. The van der Waals surface area contributed by atoms with Gasteiger partial charge < -0.3 is 15.0 Å². The van der Waals surface area contributed by atoms with Gasteiger partial charge in [0, 0.05) is 25.6 Å². The molecule has 1 heterocycles. The molecule has 0 aromatic heterocycles. The first-order valence-corrected chi connectivity index (χ1v) is 12.0. The summed E-state index contributed by atoms with van der Waals surface area (Å²) in [7, 11) is -1.66. The van der Waals surface area contributed by atoms with Crippen LogP contribution in [0, 0.1) is 0 Å². The first kappa shape index (κ1) is 25.3. The molecule has 170 valence electrons. The second-order valence-electron chi connectivity index (χ2n) is 7.41. The van der Waals surface area contributed by atoms with Crippen LogP contribution in [0.15, 0.2) is 53.5 Å². The van der Waals surface area contributed by atoms with E-state index in [-0.39, 0.29) is 24.0 Å². The molecule has 2 N–H and O–H groups in total. The van der Waals surface area contributed by atoms with E-state index in [9.17, 15) is 8.42 Å². The number of methoxy groups -OCH3 is 1. The predicted octanol–water partition coefficient (Wildman–Crippen LogP) is 3.64. The third-order valence-corrected chi connectivity index (χ3v) is 5.71. The normalized spacial score (nSPS) is 16.5. The molecule has 1 saturated heterocycles. The van der Waals surface area contributed by atoms with Crippen molar-refractivity contribution in [2.24, 2.45) is 4.99 Å². The number of anilines is 1.